The molecule has 2 aliphatic heterocycles. The van der Waals surface area contributed by atoms with Gasteiger partial charge >= 0.3 is 0 Å². The zero-order valence-electron chi connectivity index (χ0n) is 24.6. The summed E-state index contributed by atoms with van der Waals surface area (Å²) in [6.45, 7) is 1.99. The Morgan fingerprint density at radius 1 is 1.16 bits per heavy atom. The number of rotatable bonds is 4. The lowest BCUT2D eigenvalue weighted by Gasteiger charge is -2.48. The van der Waals surface area contributed by atoms with Crippen molar-refractivity contribution in [3.8, 4) is 5.75 Å². The van der Waals surface area contributed by atoms with E-state index in [-0.39, 0.29) is 30.2 Å². The molecule has 1 fully saturated rings. The number of ether oxygens (including phenoxy) is 1. The fourth-order valence-corrected chi connectivity index (χ4v) is 8.46. The molecule has 2 unspecified atom stereocenters. The van der Waals surface area contributed by atoms with Gasteiger partial charge < -0.3 is 36.4 Å². The van der Waals surface area contributed by atoms with Crippen LogP contribution in [0.5, 0.6) is 5.75 Å². The maximum atomic E-state index is 14.5. The van der Waals surface area contributed by atoms with Crippen LogP contribution in [0.4, 0.5) is 5.69 Å². The molecule has 7 rings (SSSR count). The fraction of sp³-hybridized carbons (Fsp3) is 0.424. The number of primary amides is 1. The van der Waals surface area contributed by atoms with E-state index in [4.69, 9.17) is 16.2 Å². The molecule has 11 nitrogen and oxygen atoms in total. The summed E-state index contributed by atoms with van der Waals surface area (Å²) < 4.78 is 6.38. The molecule has 11 heteroatoms. The SMILES string of the molecule is CN1CC2CCN(C)C2c2cc(OCc3ccccc3)c3c(c21)C[C@H]1C[C@H]2[C@H](N)C(O)=C(C(N)=O)C(=O)[C@@]2(O)C(O)=C1C3=O. The van der Waals surface area contributed by atoms with Gasteiger partial charge in [0, 0.05) is 36.8 Å². The molecular weight excluding hydrogens is 564 g/mol. The topological polar surface area (TPSA) is 180 Å². The molecule has 5 aliphatic rings. The second-order valence-corrected chi connectivity index (χ2v) is 12.9. The number of benzene rings is 2. The van der Waals surface area contributed by atoms with Gasteiger partial charge in [0.15, 0.2) is 11.4 Å². The minimum Gasteiger partial charge on any atom is -0.510 e. The number of nitrogens with two attached hydrogens (primary N) is 2. The van der Waals surface area contributed by atoms with E-state index in [9.17, 15) is 29.7 Å². The molecule has 3 aliphatic carbocycles. The van der Waals surface area contributed by atoms with Crippen LogP contribution in [0, 0.1) is 17.8 Å². The monoisotopic (exact) mass is 600 g/mol. The van der Waals surface area contributed by atoms with Crippen LogP contribution >= 0.6 is 0 Å². The minimum atomic E-state index is -2.69. The number of carbonyl (C=O) groups is 3. The molecule has 1 amide bonds. The van der Waals surface area contributed by atoms with Crippen molar-refractivity contribution in [1.29, 1.82) is 0 Å². The van der Waals surface area contributed by atoms with Gasteiger partial charge in [0.2, 0.25) is 5.78 Å². The molecule has 2 heterocycles. The van der Waals surface area contributed by atoms with Gasteiger partial charge in [-0.1, -0.05) is 30.3 Å². The highest BCUT2D eigenvalue weighted by Crippen LogP contribution is 2.55. The predicted octanol–water partition coefficient (Wildman–Crippen LogP) is 1.83. The highest BCUT2D eigenvalue weighted by Gasteiger charge is 2.62. The third-order valence-electron chi connectivity index (χ3n) is 10.5. The predicted molar refractivity (Wildman–Crippen MR) is 160 cm³/mol. The van der Waals surface area contributed by atoms with E-state index in [1.807, 2.05) is 43.4 Å². The van der Waals surface area contributed by atoms with Gasteiger partial charge in [0.05, 0.1) is 11.6 Å². The number of hydrogen-bond donors (Lipinski definition) is 5. The number of allylic oxidation sites excluding steroid dienone is 1. The number of ketones is 2. The van der Waals surface area contributed by atoms with E-state index in [2.05, 4.69) is 16.8 Å². The summed E-state index contributed by atoms with van der Waals surface area (Å²) >= 11 is 0. The molecule has 1 saturated heterocycles. The number of hydrogen-bond acceptors (Lipinski definition) is 10. The Balaban J connectivity index is 1.41. The molecular formula is C33H36N4O7. The number of fused-ring (bicyclic) bond motifs is 7. The van der Waals surface area contributed by atoms with E-state index in [0.29, 0.717) is 18.1 Å². The third-order valence-corrected chi connectivity index (χ3v) is 10.5. The molecule has 0 aromatic heterocycles. The highest BCUT2D eigenvalue weighted by molar-refractivity contribution is 6.25. The molecule has 2 aromatic carbocycles. The molecule has 7 N–H and O–H groups in total. The zero-order chi connectivity index (χ0) is 31.2. The molecule has 44 heavy (non-hydrogen) atoms. The van der Waals surface area contributed by atoms with E-state index >= 15 is 0 Å². The van der Waals surface area contributed by atoms with Crippen LogP contribution < -0.4 is 21.1 Å². The number of nitrogens with zero attached hydrogens (tertiary/aromatic N) is 2. The molecule has 0 saturated carbocycles. The lowest BCUT2D eigenvalue weighted by Crippen LogP contribution is -2.63. The number of anilines is 1. The first-order chi connectivity index (χ1) is 20.9. The summed E-state index contributed by atoms with van der Waals surface area (Å²) in [4.78, 5) is 44.6. The van der Waals surface area contributed by atoms with Crippen molar-refractivity contribution in [2.24, 2.45) is 29.2 Å². The smallest absolute Gasteiger partial charge is 0.255 e. The normalized spacial score (nSPS) is 31.3. The van der Waals surface area contributed by atoms with Gasteiger partial charge in [-0.15, -0.1) is 0 Å². The summed E-state index contributed by atoms with van der Waals surface area (Å²) in [5.74, 6) is -5.67. The second-order valence-electron chi connectivity index (χ2n) is 12.9. The van der Waals surface area contributed by atoms with Crippen LogP contribution in [0.15, 0.2) is 59.1 Å². The first-order valence-corrected chi connectivity index (χ1v) is 15.0. The Labute approximate surface area is 254 Å². The number of Topliss-reactive ketones (excluding diaryl/α,β-unsaturated/α-hetero) is 2. The molecule has 230 valence electrons. The summed E-state index contributed by atoms with van der Waals surface area (Å²) in [6, 6.07) is 10.3. The molecule has 0 spiro atoms. The zero-order valence-corrected chi connectivity index (χ0v) is 24.6. The van der Waals surface area contributed by atoms with Gasteiger partial charge in [-0.25, -0.2) is 0 Å². The van der Waals surface area contributed by atoms with Crippen molar-refractivity contribution in [2.45, 2.75) is 43.6 Å². The van der Waals surface area contributed by atoms with Crippen LogP contribution in [-0.2, 0) is 22.6 Å². The number of likely N-dealkylation sites (tertiary alicyclic amines) is 1. The van der Waals surface area contributed by atoms with Crippen LogP contribution in [0.2, 0.25) is 0 Å². The second kappa shape index (κ2) is 9.91. The van der Waals surface area contributed by atoms with Crippen molar-refractivity contribution >= 4 is 23.2 Å². The Morgan fingerprint density at radius 3 is 2.59 bits per heavy atom. The summed E-state index contributed by atoms with van der Waals surface area (Å²) in [5.41, 5.74) is 12.0. The van der Waals surface area contributed by atoms with E-state index < -0.39 is 58.0 Å². The number of aliphatic hydroxyl groups excluding tert-OH is 2. The number of carbonyl (C=O) groups excluding carboxylic acids is 3. The van der Waals surface area contributed by atoms with Gasteiger partial charge in [-0.2, -0.15) is 0 Å². The maximum Gasteiger partial charge on any atom is 0.255 e. The van der Waals surface area contributed by atoms with Crippen molar-refractivity contribution in [1.82, 2.24) is 4.90 Å². The average molecular weight is 601 g/mol. The fourth-order valence-electron chi connectivity index (χ4n) is 8.46. The average Bonchev–Trinajstić information content (AvgIpc) is 3.36. The molecule has 0 radical (unpaired) electrons. The van der Waals surface area contributed by atoms with Crippen molar-refractivity contribution < 1.29 is 34.4 Å². The number of aliphatic hydroxyl groups is 3. The molecule has 2 aromatic rings. The Morgan fingerprint density at radius 2 is 1.89 bits per heavy atom. The Bertz CT molecular complexity index is 1680. The van der Waals surface area contributed by atoms with Crippen LogP contribution in [0.3, 0.4) is 0 Å². The van der Waals surface area contributed by atoms with E-state index in [1.165, 1.54) is 0 Å². The van der Waals surface area contributed by atoms with Gasteiger partial charge in [0.1, 0.15) is 29.4 Å². The van der Waals surface area contributed by atoms with Gasteiger partial charge in [-0.3, -0.25) is 19.3 Å². The standard InChI is InChI=1S/C33H36N4O7/c1-36-9-8-16-13-37(2)27-18-10-17-11-20-25(34)29(39)24(32(35)42)31(41)33(20,43)30(40)22(17)28(38)23(18)21(12-19(27)26(16)36)44-14-15-6-4-3-5-7-15/h3-7,12,16-17,20,25-26,39-40,43H,8-11,13-14,34H2,1-2H3,(H2,35,42)/t16?,17-,20-,25-,26?,33-/m0/s1. The summed E-state index contributed by atoms with van der Waals surface area (Å²) in [7, 11) is 4.13. The van der Waals surface area contributed by atoms with Gasteiger partial charge in [0.25, 0.3) is 5.91 Å². The Kier molecular flexibility index (Phi) is 6.44. The molecule has 0 bridgehead atoms. The van der Waals surface area contributed by atoms with Crippen molar-refractivity contribution in [3.63, 3.8) is 0 Å². The minimum absolute atomic E-state index is 0.0175. The lowest BCUT2D eigenvalue weighted by molar-refractivity contribution is -0.145. The first kappa shape index (κ1) is 28.6. The lowest BCUT2D eigenvalue weighted by atomic mass is 9.58. The van der Waals surface area contributed by atoms with Crippen LogP contribution in [-0.4, -0.2) is 76.5 Å². The largest absolute Gasteiger partial charge is 0.510 e. The van der Waals surface area contributed by atoms with Crippen LogP contribution in [0.1, 0.15) is 45.9 Å². The quantitative estimate of drug-likeness (QED) is 0.325. The summed E-state index contributed by atoms with van der Waals surface area (Å²) in [6.07, 6.45) is 1.39. The Hall–Kier alpha value is -4.19. The van der Waals surface area contributed by atoms with Crippen molar-refractivity contribution in [3.05, 3.63) is 81.3 Å². The van der Waals surface area contributed by atoms with Crippen molar-refractivity contribution in [2.75, 3.05) is 32.1 Å². The molecule has 6 atom stereocenters. The first-order valence-electron chi connectivity index (χ1n) is 15.0. The van der Waals surface area contributed by atoms with Gasteiger partial charge in [-0.05, 0) is 67.4 Å². The highest BCUT2D eigenvalue weighted by atomic mass is 16.5. The third kappa shape index (κ3) is 3.82. The number of amides is 1. The van der Waals surface area contributed by atoms with Crippen LogP contribution in [0.25, 0.3) is 0 Å². The van der Waals surface area contributed by atoms with E-state index in [0.717, 1.165) is 41.9 Å². The van der Waals surface area contributed by atoms with E-state index in [1.54, 1.807) is 0 Å². The summed E-state index contributed by atoms with van der Waals surface area (Å²) in [5, 5.41) is 34.0. The maximum absolute atomic E-state index is 14.5.